The molecule has 1 heteroatoms. The SMILES string of the molecule is CC(C)CC[C@H](C)C1CC2(C1)CN(CC(C)C)C2. The van der Waals surface area contributed by atoms with Gasteiger partial charge in [0.1, 0.15) is 0 Å². The van der Waals surface area contributed by atoms with Gasteiger partial charge in [-0.3, -0.25) is 0 Å². The maximum Gasteiger partial charge on any atom is 0.00508 e. The van der Waals surface area contributed by atoms with Crippen LogP contribution in [0.15, 0.2) is 0 Å². The average Bonchev–Trinajstić information content (AvgIpc) is 2.15. The van der Waals surface area contributed by atoms with Crippen LogP contribution in [-0.4, -0.2) is 24.5 Å². The fourth-order valence-corrected chi connectivity index (χ4v) is 4.09. The molecule has 1 aliphatic heterocycles. The Labute approximate surface area is 114 Å². The van der Waals surface area contributed by atoms with E-state index in [2.05, 4.69) is 39.5 Å². The van der Waals surface area contributed by atoms with Gasteiger partial charge in [-0.15, -0.1) is 0 Å². The summed E-state index contributed by atoms with van der Waals surface area (Å²) in [7, 11) is 0. The van der Waals surface area contributed by atoms with Gasteiger partial charge in [-0.25, -0.2) is 0 Å². The highest BCUT2D eigenvalue weighted by molar-refractivity contribution is 5.05. The van der Waals surface area contributed by atoms with Crippen LogP contribution in [0.3, 0.4) is 0 Å². The van der Waals surface area contributed by atoms with Gasteiger partial charge in [0.2, 0.25) is 0 Å². The maximum absolute atomic E-state index is 2.67. The zero-order chi connectivity index (χ0) is 13.3. The number of hydrogen-bond donors (Lipinski definition) is 0. The highest BCUT2D eigenvalue weighted by Crippen LogP contribution is 2.55. The summed E-state index contributed by atoms with van der Waals surface area (Å²) in [5, 5.41) is 0. The minimum atomic E-state index is 0.769. The Hall–Kier alpha value is -0.0400. The van der Waals surface area contributed by atoms with Crippen LogP contribution in [0.1, 0.15) is 60.3 Å². The fraction of sp³-hybridized carbons (Fsp3) is 1.00. The number of hydrogen-bond acceptors (Lipinski definition) is 1. The maximum atomic E-state index is 2.67. The first kappa shape index (κ1) is 14.4. The van der Waals surface area contributed by atoms with Crippen LogP contribution in [0.25, 0.3) is 0 Å². The lowest BCUT2D eigenvalue weighted by atomic mass is 9.54. The molecule has 1 saturated carbocycles. The second kappa shape index (κ2) is 5.53. The summed E-state index contributed by atoms with van der Waals surface area (Å²) in [6.07, 6.45) is 5.93. The second-order valence-corrected chi connectivity index (χ2v) is 8.18. The third kappa shape index (κ3) is 3.29. The molecule has 0 unspecified atom stereocenters. The Kier molecular flexibility index (Phi) is 4.41. The van der Waals surface area contributed by atoms with Crippen molar-refractivity contribution in [3.05, 3.63) is 0 Å². The van der Waals surface area contributed by atoms with E-state index in [1.165, 1.54) is 45.3 Å². The molecule has 18 heavy (non-hydrogen) atoms. The minimum absolute atomic E-state index is 0.769. The van der Waals surface area contributed by atoms with Crippen LogP contribution in [0.5, 0.6) is 0 Å². The average molecular weight is 251 g/mol. The van der Waals surface area contributed by atoms with Crippen LogP contribution >= 0.6 is 0 Å². The van der Waals surface area contributed by atoms with E-state index < -0.39 is 0 Å². The van der Waals surface area contributed by atoms with E-state index >= 15 is 0 Å². The normalized spacial score (nSPS) is 25.5. The van der Waals surface area contributed by atoms with Gasteiger partial charge in [0.15, 0.2) is 0 Å². The molecule has 2 fully saturated rings. The monoisotopic (exact) mass is 251 g/mol. The van der Waals surface area contributed by atoms with Crippen molar-refractivity contribution < 1.29 is 0 Å². The fourth-order valence-electron chi connectivity index (χ4n) is 4.09. The van der Waals surface area contributed by atoms with Crippen molar-refractivity contribution in [2.75, 3.05) is 19.6 Å². The quantitative estimate of drug-likeness (QED) is 0.675. The second-order valence-electron chi connectivity index (χ2n) is 8.18. The van der Waals surface area contributed by atoms with E-state index in [0.717, 1.165) is 29.1 Å². The smallest absolute Gasteiger partial charge is 0.00508 e. The Morgan fingerprint density at radius 1 is 0.944 bits per heavy atom. The van der Waals surface area contributed by atoms with E-state index in [9.17, 15) is 0 Å². The van der Waals surface area contributed by atoms with Gasteiger partial charge in [-0.1, -0.05) is 47.5 Å². The summed E-state index contributed by atoms with van der Waals surface area (Å²) in [6, 6.07) is 0. The number of nitrogens with zero attached hydrogens (tertiary/aromatic N) is 1. The van der Waals surface area contributed by atoms with Crippen LogP contribution in [0.2, 0.25) is 0 Å². The largest absolute Gasteiger partial charge is 0.302 e. The van der Waals surface area contributed by atoms with Crippen molar-refractivity contribution in [1.29, 1.82) is 0 Å². The molecular formula is C17H33N. The summed E-state index contributed by atoms with van der Waals surface area (Å²) in [6.45, 7) is 16.0. The third-order valence-corrected chi connectivity index (χ3v) is 5.14. The molecule has 1 saturated heterocycles. The molecule has 1 aliphatic carbocycles. The molecule has 0 aromatic carbocycles. The lowest BCUT2D eigenvalue weighted by Gasteiger charge is -2.61. The first-order valence-corrected chi connectivity index (χ1v) is 8.12. The van der Waals surface area contributed by atoms with Crippen molar-refractivity contribution in [1.82, 2.24) is 4.90 Å². The van der Waals surface area contributed by atoms with Gasteiger partial charge < -0.3 is 4.90 Å². The summed E-state index contributed by atoms with van der Waals surface area (Å²) in [4.78, 5) is 2.67. The number of likely N-dealkylation sites (tertiary alicyclic amines) is 1. The van der Waals surface area contributed by atoms with Crippen LogP contribution < -0.4 is 0 Å². The lowest BCUT2D eigenvalue weighted by molar-refractivity contribution is -0.112. The van der Waals surface area contributed by atoms with Gasteiger partial charge in [0.05, 0.1) is 0 Å². The van der Waals surface area contributed by atoms with Gasteiger partial charge in [0.25, 0.3) is 0 Å². The molecule has 0 N–H and O–H groups in total. The topological polar surface area (TPSA) is 3.24 Å². The Morgan fingerprint density at radius 3 is 2.06 bits per heavy atom. The van der Waals surface area contributed by atoms with Crippen LogP contribution in [0, 0.1) is 29.1 Å². The predicted molar refractivity (Wildman–Crippen MR) is 79.7 cm³/mol. The molecule has 106 valence electrons. The zero-order valence-electron chi connectivity index (χ0n) is 13.2. The molecule has 1 atom stereocenters. The Balaban J connectivity index is 1.63. The van der Waals surface area contributed by atoms with Crippen molar-refractivity contribution in [3.8, 4) is 0 Å². The molecule has 0 amide bonds. The van der Waals surface area contributed by atoms with E-state index in [1.807, 2.05) is 0 Å². The van der Waals surface area contributed by atoms with Crippen LogP contribution in [0.4, 0.5) is 0 Å². The summed E-state index contributed by atoms with van der Waals surface area (Å²) in [5.74, 6) is 3.73. The summed E-state index contributed by atoms with van der Waals surface area (Å²) >= 11 is 0. The van der Waals surface area contributed by atoms with Gasteiger partial charge in [-0.05, 0) is 41.9 Å². The third-order valence-electron chi connectivity index (χ3n) is 5.14. The molecule has 1 spiro atoms. The van der Waals surface area contributed by atoms with E-state index in [4.69, 9.17) is 0 Å². The molecular weight excluding hydrogens is 218 g/mol. The molecule has 0 aromatic heterocycles. The van der Waals surface area contributed by atoms with E-state index in [1.54, 1.807) is 0 Å². The zero-order valence-corrected chi connectivity index (χ0v) is 13.2. The van der Waals surface area contributed by atoms with Crippen molar-refractivity contribution >= 4 is 0 Å². The van der Waals surface area contributed by atoms with E-state index in [0.29, 0.717) is 0 Å². The molecule has 0 bridgehead atoms. The predicted octanol–water partition coefficient (Wildman–Crippen LogP) is 4.43. The Morgan fingerprint density at radius 2 is 1.56 bits per heavy atom. The summed E-state index contributed by atoms with van der Waals surface area (Å²) in [5.41, 5.74) is 0.769. The standard InChI is InChI=1S/C17H33N/c1-13(2)6-7-15(5)16-8-17(9-16)11-18(12-17)10-14(3)4/h13-16H,6-12H2,1-5H3/t15-/m0/s1. The van der Waals surface area contributed by atoms with Gasteiger partial charge in [0, 0.05) is 19.6 Å². The Bertz CT molecular complexity index is 255. The molecule has 2 aliphatic rings. The van der Waals surface area contributed by atoms with Crippen LogP contribution in [-0.2, 0) is 0 Å². The molecule has 0 radical (unpaired) electrons. The highest BCUT2D eigenvalue weighted by atomic mass is 15.2. The van der Waals surface area contributed by atoms with Gasteiger partial charge >= 0.3 is 0 Å². The number of rotatable bonds is 6. The van der Waals surface area contributed by atoms with Crippen molar-refractivity contribution in [2.45, 2.75) is 60.3 Å². The van der Waals surface area contributed by atoms with Gasteiger partial charge in [-0.2, -0.15) is 0 Å². The molecule has 0 aromatic rings. The molecule has 1 nitrogen and oxygen atoms in total. The highest BCUT2D eigenvalue weighted by Gasteiger charge is 2.52. The van der Waals surface area contributed by atoms with E-state index in [-0.39, 0.29) is 0 Å². The minimum Gasteiger partial charge on any atom is -0.302 e. The summed E-state index contributed by atoms with van der Waals surface area (Å²) < 4.78 is 0. The first-order chi connectivity index (χ1) is 8.40. The lowest BCUT2D eigenvalue weighted by Crippen LogP contribution is -2.63. The molecule has 1 heterocycles. The van der Waals surface area contributed by atoms with Crippen molar-refractivity contribution in [3.63, 3.8) is 0 Å². The first-order valence-electron chi connectivity index (χ1n) is 8.12. The molecule has 2 rings (SSSR count). The van der Waals surface area contributed by atoms with Crippen molar-refractivity contribution in [2.24, 2.45) is 29.1 Å².